The number of aliphatic hydroxyl groups is 1. The van der Waals surface area contributed by atoms with Crippen molar-refractivity contribution in [2.75, 3.05) is 13.6 Å². The molecule has 1 saturated carbocycles. The van der Waals surface area contributed by atoms with Crippen LogP contribution in [0.3, 0.4) is 0 Å². The van der Waals surface area contributed by atoms with E-state index in [1.165, 1.54) is 11.3 Å². The Kier molecular flexibility index (Phi) is 3.87. The van der Waals surface area contributed by atoms with Crippen molar-refractivity contribution < 1.29 is 9.90 Å². The van der Waals surface area contributed by atoms with Gasteiger partial charge in [0.1, 0.15) is 9.88 Å². The SMILES string of the molecule is CN(CC1CC(O)C1)C(=O)c1cnc(-c2ccsc2)s1. The standard InChI is InChI=1S/C14H16N2O2S2/c1-16(7-9-4-11(17)5-9)14(18)12-6-15-13(20-12)10-2-3-19-8-10/h2-3,6,8-9,11,17H,4-5,7H2,1H3. The Labute approximate surface area is 125 Å². The smallest absolute Gasteiger partial charge is 0.265 e. The summed E-state index contributed by atoms with van der Waals surface area (Å²) in [6.07, 6.45) is 3.10. The Hall–Kier alpha value is -1.24. The highest BCUT2D eigenvalue weighted by molar-refractivity contribution is 7.17. The lowest BCUT2D eigenvalue weighted by Gasteiger charge is -2.34. The van der Waals surface area contributed by atoms with Gasteiger partial charge in [-0.1, -0.05) is 0 Å². The Morgan fingerprint density at radius 1 is 1.55 bits per heavy atom. The second-order valence-corrected chi connectivity index (χ2v) is 7.03. The molecule has 0 atom stereocenters. The molecule has 1 aliphatic rings. The number of amides is 1. The molecule has 2 aromatic rings. The van der Waals surface area contributed by atoms with Gasteiger partial charge in [-0.05, 0) is 30.2 Å². The van der Waals surface area contributed by atoms with Gasteiger partial charge in [0.2, 0.25) is 0 Å². The highest BCUT2D eigenvalue weighted by Gasteiger charge is 2.29. The largest absolute Gasteiger partial charge is 0.393 e. The number of nitrogens with zero attached hydrogens (tertiary/aromatic N) is 2. The minimum atomic E-state index is -0.169. The summed E-state index contributed by atoms with van der Waals surface area (Å²) in [5.74, 6) is 0.452. The first kappa shape index (κ1) is 13.7. The van der Waals surface area contributed by atoms with Crippen LogP contribution in [0.5, 0.6) is 0 Å². The van der Waals surface area contributed by atoms with Gasteiger partial charge in [0, 0.05) is 24.5 Å². The number of aromatic nitrogens is 1. The molecule has 0 radical (unpaired) electrons. The van der Waals surface area contributed by atoms with Crippen LogP contribution in [0.4, 0.5) is 0 Å². The summed E-state index contributed by atoms with van der Waals surface area (Å²) in [6.45, 7) is 0.710. The number of rotatable bonds is 4. The molecule has 1 amide bonds. The molecule has 106 valence electrons. The average molecular weight is 308 g/mol. The van der Waals surface area contributed by atoms with Gasteiger partial charge in [-0.15, -0.1) is 11.3 Å². The lowest BCUT2D eigenvalue weighted by Crippen LogP contribution is -2.39. The molecule has 0 aromatic carbocycles. The maximum Gasteiger partial charge on any atom is 0.265 e. The summed E-state index contributed by atoms with van der Waals surface area (Å²) < 4.78 is 0. The maximum atomic E-state index is 12.3. The van der Waals surface area contributed by atoms with E-state index < -0.39 is 0 Å². The van der Waals surface area contributed by atoms with Crippen molar-refractivity contribution >= 4 is 28.6 Å². The number of thiophene rings is 1. The summed E-state index contributed by atoms with van der Waals surface area (Å²) in [5, 5.41) is 14.2. The van der Waals surface area contributed by atoms with Crippen LogP contribution in [-0.4, -0.2) is 40.6 Å². The molecule has 4 nitrogen and oxygen atoms in total. The molecule has 20 heavy (non-hydrogen) atoms. The fraction of sp³-hybridized carbons (Fsp3) is 0.429. The molecular weight excluding hydrogens is 292 g/mol. The zero-order valence-corrected chi connectivity index (χ0v) is 12.8. The molecule has 3 rings (SSSR count). The fourth-order valence-electron chi connectivity index (χ4n) is 2.40. The molecule has 2 aromatic heterocycles. The van der Waals surface area contributed by atoms with Crippen LogP contribution in [0.15, 0.2) is 23.0 Å². The van der Waals surface area contributed by atoms with Crippen molar-refractivity contribution in [1.82, 2.24) is 9.88 Å². The Morgan fingerprint density at radius 2 is 2.35 bits per heavy atom. The summed E-state index contributed by atoms with van der Waals surface area (Å²) in [4.78, 5) is 19.1. The number of aliphatic hydroxyl groups excluding tert-OH is 1. The lowest BCUT2D eigenvalue weighted by molar-refractivity contribution is 0.0266. The molecule has 6 heteroatoms. The van der Waals surface area contributed by atoms with Gasteiger partial charge in [0.25, 0.3) is 5.91 Å². The predicted octanol–water partition coefficient (Wildman–Crippen LogP) is 2.71. The third-order valence-electron chi connectivity index (χ3n) is 3.57. The fourth-order valence-corrected chi connectivity index (χ4v) is 4.02. The van der Waals surface area contributed by atoms with Gasteiger partial charge in [-0.3, -0.25) is 4.79 Å². The number of hydrogen-bond donors (Lipinski definition) is 1. The van der Waals surface area contributed by atoms with Crippen molar-refractivity contribution in [3.8, 4) is 10.6 Å². The van der Waals surface area contributed by atoms with E-state index in [9.17, 15) is 9.90 Å². The quantitative estimate of drug-likeness (QED) is 0.945. The lowest BCUT2D eigenvalue weighted by atomic mass is 9.82. The predicted molar refractivity (Wildman–Crippen MR) is 81.1 cm³/mol. The van der Waals surface area contributed by atoms with Gasteiger partial charge < -0.3 is 10.0 Å². The van der Waals surface area contributed by atoms with E-state index in [-0.39, 0.29) is 12.0 Å². The number of thiazole rings is 1. The first-order valence-corrected chi connectivity index (χ1v) is 8.31. The van der Waals surface area contributed by atoms with Gasteiger partial charge in [-0.2, -0.15) is 11.3 Å². The number of carbonyl (C=O) groups is 1. The average Bonchev–Trinajstić information content (AvgIpc) is 3.06. The molecule has 0 saturated heterocycles. The van der Waals surface area contributed by atoms with Crippen LogP contribution >= 0.6 is 22.7 Å². The minimum Gasteiger partial charge on any atom is -0.393 e. The molecule has 1 N–H and O–H groups in total. The molecule has 2 heterocycles. The molecular formula is C14H16N2O2S2. The van der Waals surface area contributed by atoms with Gasteiger partial charge >= 0.3 is 0 Å². The van der Waals surface area contributed by atoms with E-state index in [0.29, 0.717) is 17.3 Å². The molecule has 0 unspecified atom stereocenters. The van der Waals surface area contributed by atoms with E-state index >= 15 is 0 Å². The molecule has 0 spiro atoms. The van der Waals surface area contributed by atoms with Crippen molar-refractivity contribution in [1.29, 1.82) is 0 Å². The second-order valence-electron chi connectivity index (χ2n) is 5.22. The zero-order chi connectivity index (χ0) is 14.1. The van der Waals surface area contributed by atoms with Gasteiger partial charge in [0.15, 0.2) is 0 Å². The number of carbonyl (C=O) groups excluding carboxylic acids is 1. The second kappa shape index (κ2) is 5.63. The van der Waals surface area contributed by atoms with Gasteiger partial charge in [-0.25, -0.2) is 4.98 Å². The van der Waals surface area contributed by atoms with E-state index in [4.69, 9.17) is 0 Å². The normalized spacial score (nSPS) is 21.5. The van der Waals surface area contributed by atoms with E-state index in [1.807, 2.05) is 23.9 Å². The summed E-state index contributed by atoms with van der Waals surface area (Å²) in [7, 11) is 1.82. The third-order valence-corrected chi connectivity index (χ3v) is 5.29. The van der Waals surface area contributed by atoms with Crippen molar-refractivity contribution in [2.24, 2.45) is 5.92 Å². The Bertz CT molecular complexity index is 588. The molecule has 0 bridgehead atoms. The van der Waals surface area contributed by atoms with Crippen LogP contribution in [0.25, 0.3) is 10.6 Å². The highest BCUT2D eigenvalue weighted by Crippen LogP contribution is 2.30. The summed E-state index contributed by atoms with van der Waals surface area (Å²) in [5.41, 5.74) is 1.07. The maximum absolute atomic E-state index is 12.3. The van der Waals surface area contributed by atoms with Crippen LogP contribution in [0, 0.1) is 5.92 Å². The Morgan fingerprint density at radius 3 is 3.00 bits per heavy atom. The first-order valence-electron chi connectivity index (χ1n) is 6.55. The molecule has 1 aliphatic carbocycles. The Balaban J connectivity index is 1.65. The van der Waals surface area contributed by atoms with Crippen molar-refractivity contribution in [3.05, 3.63) is 27.9 Å². The highest BCUT2D eigenvalue weighted by atomic mass is 32.1. The summed E-state index contributed by atoms with van der Waals surface area (Å²) in [6, 6.07) is 2.01. The monoisotopic (exact) mass is 308 g/mol. The van der Waals surface area contributed by atoms with Crippen LogP contribution < -0.4 is 0 Å². The zero-order valence-electron chi connectivity index (χ0n) is 11.2. The minimum absolute atomic E-state index is 0.0189. The van der Waals surface area contributed by atoms with Crippen LogP contribution in [0.1, 0.15) is 22.5 Å². The van der Waals surface area contributed by atoms with Gasteiger partial charge in [0.05, 0.1) is 12.3 Å². The number of hydrogen-bond acceptors (Lipinski definition) is 5. The van der Waals surface area contributed by atoms with E-state index in [0.717, 1.165) is 23.4 Å². The van der Waals surface area contributed by atoms with E-state index in [2.05, 4.69) is 4.98 Å². The summed E-state index contributed by atoms with van der Waals surface area (Å²) >= 11 is 3.06. The first-order chi connectivity index (χ1) is 9.63. The van der Waals surface area contributed by atoms with Crippen LogP contribution in [0.2, 0.25) is 0 Å². The molecule has 1 fully saturated rings. The third kappa shape index (κ3) is 2.77. The topological polar surface area (TPSA) is 53.4 Å². The van der Waals surface area contributed by atoms with Crippen molar-refractivity contribution in [3.63, 3.8) is 0 Å². The molecule has 0 aliphatic heterocycles. The van der Waals surface area contributed by atoms with Crippen LogP contribution in [-0.2, 0) is 0 Å². The van der Waals surface area contributed by atoms with E-state index in [1.54, 1.807) is 22.4 Å². The van der Waals surface area contributed by atoms with Crippen molar-refractivity contribution in [2.45, 2.75) is 18.9 Å².